The number of benzene rings is 6. The lowest BCUT2D eigenvalue weighted by atomic mass is 9.82. The van der Waals surface area contributed by atoms with Crippen molar-refractivity contribution in [1.82, 2.24) is 39.8 Å². The largest absolute Gasteiger partial charge is 0.481 e. The van der Waals surface area contributed by atoms with Crippen LogP contribution in [-0.4, -0.2) is 80.7 Å². The van der Waals surface area contributed by atoms with Gasteiger partial charge in [-0.2, -0.15) is 0 Å². The number of hydrogen-bond donors (Lipinski definition) is 1. The number of carbonyl (C=O) groups is 4. The number of esters is 1. The van der Waals surface area contributed by atoms with Crippen molar-refractivity contribution in [2.75, 3.05) is 0 Å². The van der Waals surface area contributed by atoms with Gasteiger partial charge in [0.15, 0.2) is 0 Å². The zero-order valence-electron chi connectivity index (χ0n) is 45.8. The summed E-state index contributed by atoms with van der Waals surface area (Å²) in [5.41, 5.74) is 18.1. The first-order chi connectivity index (χ1) is 37.6. The molecule has 78 heavy (non-hydrogen) atoms. The summed E-state index contributed by atoms with van der Waals surface area (Å²) >= 11 is 0. The van der Waals surface area contributed by atoms with E-state index in [1.165, 1.54) is 11.1 Å². The number of aliphatic carboxylic acids is 1. The van der Waals surface area contributed by atoms with Gasteiger partial charge in [0.05, 0.1) is 36.0 Å². The number of rotatable bonds is 13. The third-order valence-electron chi connectivity index (χ3n) is 17.9. The van der Waals surface area contributed by atoms with Crippen LogP contribution in [0.5, 0.6) is 5.75 Å². The molecule has 2 aromatic heterocycles. The molecule has 398 valence electrons. The average molecular weight is 1040 g/mol. The Morgan fingerprint density at radius 3 is 1.62 bits per heavy atom. The van der Waals surface area contributed by atoms with Gasteiger partial charge in [-0.15, -0.1) is 10.2 Å². The van der Waals surface area contributed by atoms with Gasteiger partial charge in [-0.1, -0.05) is 76.7 Å². The Balaban J connectivity index is 0.844. The maximum atomic E-state index is 15.2. The van der Waals surface area contributed by atoms with Gasteiger partial charge in [0.1, 0.15) is 16.8 Å². The lowest BCUT2D eigenvalue weighted by molar-refractivity contribution is -0.137. The summed E-state index contributed by atoms with van der Waals surface area (Å²) in [6.07, 6.45) is 4.77. The van der Waals surface area contributed by atoms with Crippen molar-refractivity contribution in [3.63, 3.8) is 0 Å². The van der Waals surface area contributed by atoms with Gasteiger partial charge in [0.2, 0.25) is 0 Å². The smallest absolute Gasteiger partial charge is 0.312 e. The van der Waals surface area contributed by atoms with Crippen LogP contribution in [0.4, 0.5) is 0 Å². The van der Waals surface area contributed by atoms with E-state index in [2.05, 4.69) is 68.0 Å². The van der Waals surface area contributed by atoms with E-state index >= 15 is 4.79 Å². The normalized spacial score (nSPS) is 19.0. The molecule has 6 heterocycles. The van der Waals surface area contributed by atoms with Gasteiger partial charge in [-0.05, 0) is 191 Å². The summed E-state index contributed by atoms with van der Waals surface area (Å²) < 4.78 is 10.2. The van der Waals surface area contributed by atoms with Crippen LogP contribution in [0.25, 0.3) is 22.1 Å². The zero-order valence-corrected chi connectivity index (χ0v) is 45.8. The first kappa shape index (κ1) is 50.8. The van der Waals surface area contributed by atoms with Crippen molar-refractivity contribution in [3.05, 3.63) is 180 Å². The van der Waals surface area contributed by atoms with Crippen LogP contribution in [0.2, 0.25) is 0 Å². The zero-order chi connectivity index (χ0) is 54.4. The van der Waals surface area contributed by atoms with Gasteiger partial charge in [-0.3, -0.25) is 19.2 Å². The minimum absolute atomic E-state index is 0.00661. The molecule has 2 amide bonds. The summed E-state index contributed by atoms with van der Waals surface area (Å²) in [6, 6.07) is 30.6. The molecule has 14 heteroatoms. The van der Waals surface area contributed by atoms with Gasteiger partial charge < -0.3 is 19.6 Å². The maximum Gasteiger partial charge on any atom is 0.312 e. The third kappa shape index (κ3) is 8.55. The second kappa shape index (κ2) is 19.8. The van der Waals surface area contributed by atoms with Crippen LogP contribution >= 0.6 is 0 Å². The SMILES string of the molecule is CCn1nnc2c(C)c([C@H](CC(=O)O)c3ccc4c(c3)C3CC[C@H](C4)N3C(=O)c3cc(C)cc(OC(=O)C[C@@H](c4ccc5c(c4)[C@@H]4CC[C@H](C5)N4C(=O)c4cc(C)ccc4C)c4ccc5c(nnn5CC)c4C)c3C)ccc21. The van der Waals surface area contributed by atoms with E-state index < -0.39 is 23.8 Å². The van der Waals surface area contributed by atoms with Crippen molar-refractivity contribution >= 4 is 45.8 Å². The molecule has 0 aliphatic carbocycles. The molecule has 8 aromatic rings. The van der Waals surface area contributed by atoms with Crippen LogP contribution in [0.3, 0.4) is 0 Å². The second-order valence-electron chi connectivity index (χ2n) is 22.5. The standard InChI is InChI=1S/C64H66N8O6/c1-9-69-56-23-19-46(38(7)61(56)65-67-69)50(32-59(73)74)42-15-13-40-29-45-18-22-55(52(40)30-42)72(45)64(77)49-26-35(4)27-58(37(49)6)78-60(75)33-51(47-20-24-57-62(39(47)8)66-68-70(57)10-2)43-16-14-41-28-44-17-21-54(53(41)31-43)71(44)63(76)48-25-34(3)11-12-36(48)5/h11-16,19-20,23-27,30-31,44-45,50-51,54-55H,9-10,17-18,21-22,28-29,32-33H2,1-8H3,(H,73,74)/t44-,45-,50-,51+,54+,55?/m1/s1. The Hall–Kier alpha value is -8.00. The number of hydrogen-bond acceptors (Lipinski definition) is 9. The van der Waals surface area contributed by atoms with E-state index in [0.717, 1.165) is 121 Å². The van der Waals surface area contributed by atoms with E-state index in [1.807, 2.05) is 118 Å². The average Bonchev–Trinajstić information content (AvgIpc) is 4.37. The maximum absolute atomic E-state index is 15.2. The summed E-state index contributed by atoms with van der Waals surface area (Å²) in [5, 5.41) is 28.1. The summed E-state index contributed by atoms with van der Waals surface area (Å²) in [4.78, 5) is 61.1. The van der Waals surface area contributed by atoms with E-state index in [1.54, 1.807) is 0 Å². The Labute approximate surface area is 454 Å². The highest BCUT2D eigenvalue weighted by atomic mass is 16.5. The second-order valence-corrected chi connectivity index (χ2v) is 22.5. The number of amides is 2. The fourth-order valence-corrected chi connectivity index (χ4v) is 13.9. The number of aryl methyl sites for hydroxylation is 7. The predicted octanol–water partition coefficient (Wildman–Crippen LogP) is 11.6. The highest BCUT2D eigenvalue weighted by Crippen LogP contribution is 2.49. The van der Waals surface area contributed by atoms with Crippen molar-refractivity contribution in [2.45, 2.75) is 156 Å². The van der Waals surface area contributed by atoms with Gasteiger partial charge in [-0.25, -0.2) is 9.36 Å². The Bertz CT molecular complexity index is 3800. The molecule has 2 fully saturated rings. The predicted molar refractivity (Wildman–Crippen MR) is 298 cm³/mol. The number of aromatic nitrogens is 6. The third-order valence-corrected chi connectivity index (χ3v) is 17.9. The van der Waals surface area contributed by atoms with Crippen molar-refractivity contribution in [2.24, 2.45) is 0 Å². The molecule has 1 unspecified atom stereocenters. The van der Waals surface area contributed by atoms with Crippen molar-refractivity contribution in [3.8, 4) is 5.75 Å². The van der Waals surface area contributed by atoms with Crippen molar-refractivity contribution < 1.29 is 29.0 Å². The van der Waals surface area contributed by atoms with E-state index in [0.29, 0.717) is 36.4 Å². The Morgan fingerprint density at radius 1 is 0.577 bits per heavy atom. The van der Waals surface area contributed by atoms with Gasteiger partial charge in [0, 0.05) is 53.7 Å². The Kier molecular flexibility index (Phi) is 12.9. The number of carboxylic acids is 1. The minimum Gasteiger partial charge on any atom is -0.481 e. The number of carboxylic acid groups (broad SMARTS) is 1. The van der Waals surface area contributed by atoms with Crippen molar-refractivity contribution in [1.29, 1.82) is 0 Å². The van der Waals surface area contributed by atoms with Crippen LogP contribution < -0.4 is 4.74 Å². The fraction of sp³-hybridized carbons (Fsp3) is 0.375. The van der Waals surface area contributed by atoms with Crippen LogP contribution in [-0.2, 0) is 35.5 Å². The minimum atomic E-state index is -0.900. The molecular weight excluding hydrogens is 977 g/mol. The van der Waals surface area contributed by atoms with Crippen LogP contribution in [0.15, 0.2) is 91.0 Å². The number of ether oxygens (including phenoxy) is 1. The molecule has 4 bridgehead atoms. The van der Waals surface area contributed by atoms with Crippen LogP contribution in [0.1, 0.15) is 175 Å². The summed E-state index contributed by atoms with van der Waals surface area (Å²) in [7, 11) is 0. The molecule has 4 aliphatic rings. The van der Waals surface area contributed by atoms with Crippen LogP contribution in [0, 0.1) is 41.5 Å². The van der Waals surface area contributed by atoms with E-state index in [4.69, 9.17) is 4.74 Å². The molecule has 0 spiro atoms. The van der Waals surface area contributed by atoms with E-state index in [-0.39, 0.29) is 48.8 Å². The van der Waals surface area contributed by atoms with Gasteiger partial charge >= 0.3 is 11.9 Å². The molecule has 1 N–H and O–H groups in total. The lowest BCUT2D eigenvalue weighted by Crippen LogP contribution is -2.42. The van der Waals surface area contributed by atoms with E-state index in [9.17, 15) is 19.5 Å². The first-order valence-corrected chi connectivity index (χ1v) is 27.8. The molecule has 0 saturated carbocycles. The number of fused-ring (bicyclic) bond motifs is 10. The highest BCUT2D eigenvalue weighted by Gasteiger charge is 2.45. The lowest BCUT2D eigenvalue weighted by Gasteiger charge is -2.37. The summed E-state index contributed by atoms with van der Waals surface area (Å²) in [5.74, 6) is -1.91. The molecule has 0 radical (unpaired) electrons. The highest BCUT2D eigenvalue weighted by molar-refractivity contribution is 5.98. The molecule has 6 atom stereocenters. The number of carbonyl (C=O) groups excluding carboxylic acids is 3. The molecule has 2 saturated heterocycles. The molecular formula is C64H66N8O6. The molecule has 12 rings (SSSR count). The first-order valence-electron chi connectivity index (χ1n) is 27.8. The quantitative estimate of drug-likeness (QED) is 0.0867. The number of nitrogens with zero attached hydrogens (tertiary/aromatic N) is 8. The molecule has 14 nitrogen and oxygen atoms in total. The summed E-state index contributed by atoms with van der Waals surface area (Å²) in [6.45, 7) is 17.2. The molecule has 4 aliphatic heterocycles. The fourth-order valence-electron chi connectivity index (χ4n) is 13.9. The monoisotopic (exact) mass is 1040 g/mol. The van der Waals surface area contributed by atoms with Gasteiger partial charge in [0.25, 0.3) is 11.8 Å². The topological polar surface area (TPSA) is 166 Å². The molecule has 6 aromatic carbocycles. The Morgan fingerprint density at radius 2 is 1.09 bits per heavy atom.